The van der Waals surface area contributed by atoms with Gasteiger partial charge in [-0.25, -0.2) is 0 Å². The van der Waals surface area contributed by atoms with Crippen molar-refractivity contribution in [3.8, 4) is 0 Å². The van der Waals surface area contributed by atoms with Gasteiger partial charge in [-0.1, -0.05) is 55.4 Å². The molecule has 0 bridgehead atoms. The molecular formula is C33H61N6O6. The molecule has 6 atom stereocenters. The molecule has 0 saturated heterocycles. The number of carbonyl (C=O) groups excluding carboxylic acids is 6. The Labute approximate surface area is 271 Å². The van der Waals surface area contributed by atoms with E-state index < -0.39 is 65.2 Å². The summed E-state index contributed by atoms with van der Waals surface area (Å²) in [5.41, 5.74) is 4.57. The van der Waals surface area contributed by atoms with Gasteiger partial charge in [0.2, 0.25) is 29.9 Å². The predicted octanol–water partition coefficient (Wildman–Crippen LogP) is 1.80. The van der Waals surface area contributed by atoms with E-state index in [1.165, 1.54) is 37.7 Å². The summed E-state index contributed by atoms with van der Waals surface area (Å²) in [6.45, 7) is 18.2. The van der Waals surface area contributed by atoms with Gasteiger partial charge in [0.05, 0.1) is 18.1 Å². The molecule has 45 heavy (non-hydrogen) atoms. The van der Waals surface area contributed by atoms with E-state index >= 15 is 0 Å². The SMILES string of the molecule is CN[C@@H](CC(C)C)C(=O)N[C@@H](C)C(=O)N[C@H](C)C(=O)N(C)[C@@H](CC(C)C)C(=O)C[C@@]([C]=O)(C(C)C)N(C)C(=O)[C@@H](N)CC(C)C. The Morgan fingerprint density at radius 2 is 1.22 bits per heavy atom. The molecule has 0 saturated carbocycles. The number of nitrogens with one attached hydrogen (secondary N) is 3. The number of rotatable bonds is 20. The Hall–Kier alpha value is -2.86. The summed E-state index contributed by atoms with van der Waals surface area (Å²) < 4.78 is 0. The van der Waals surface area contributed by atoms with Gasteiger partial charge in [-0.3, -0.25) is 28.8 Å². The van der Waals surface area contributed by atoms with Gasteiger partial charge in [0.15, 0.2) is 5.78 Å². The summed E-state index contributed by atoms with van der Waals surface area (Å²) in [5.74, 6) is -2.28. The first kappa shape index (κ1) is 42.1. The molecule has 12 nitrogen and oxygen atoms in total. The molecule has 0 fully saturated rings. The Morgan fingerprint density at radius 1 is 0.733 bits per heavy atom. The molecule has 0 rings (SSSR count). The van der Waals surface area contributed by atoms with Crippen LogP contribution in [0.3, 0.4) is 0 Å². The molecule has 0 aromatic heterocycles. The zero-order chi connectivity index (χ0) is 35.4. The molecule has 259 valence electrons. The maximum absolute atomic E-state index is 13.9. The van der Waals surface area contributed by atoms with Gasteiger partial charge in [0, 0.05) is 20.5 Å². The van der Waals surface area contributed by atoms with Gasteiger partial charge in [-0.2, -0.15) is 0 Å². The number of Topliss-reactive ketones (excluding diaryl/α,β-unsaturated/α-hetero) is 1. The van der Waals surface area contributed by atoms with E-state index in [2.05, 4.69) is 16.0 Å². The van der Waals surface area contributed by atoms with Crippen molar-refractivity contribution in [2.45, 2.75) is 131 Å². The Balaban J connectivity index is 5.95. The molecule has 0 spiro atoms. The fourth-order valence-corrected chi connectivity index (χ4v) is 5.39. The monoisotopic (exact) mass is 637 g/mol. The third-order valence-electron chi connectivity index (χ3n) is 8.28. The minimum Gasteiger partial charge on any atom is -0.343 e. The highest BCUT2D eigenvalue weighted by Crippen LogP contribution is 2.29. The van der Waals surface area contributed by atoms with E-state index in [4.69, 9.17) is 5.73 Å². The molecule has 12 heteroatoms. The quantitative estimate of drug-likeness (QED) is 0.157. The highest BCUT2D eigenvalue weighted by atomic mass is 16.2. The first-order chi connectivity index (χ1) is 20.7. The number of likely N-dealkylation sites (N-methyl/N-ethyl adjacent to an activating group) is 3. The van der Waals surface area contributed by atoms with Crippen LogP contribution in [0.2, 0.25) is 0 Å². The van der Waals surface area contributed by atoms with Crippen LogP contribution in [0, 0.1) is 23.7 Å². The third kappa shape index (κ3) is 12.5. The zero-order valence-corrected chi connectivity index (χ0v) is 29.9. The summed E-state index contributed by atoms with van der Waals surface area (Å²) in [5, 5.41) is 8.28. The van der Waals surface area contributed by atoms with Gasteiger partial charge in [0.1, 0.15) is 17.6 Å². The first-order valence-corrected chi connectivity index (χ1v) is 16.2. The van der Waals surface area contributed by atoms with Crippen molar-refractivity contribution < 1.29 is 28.8 Å². The molecule has 1 radical (unpaired) electrons. The van der Waals surface area contributed by atoms with Crippen LogP contribution < -0.4 is 21.7 Å². The average molecular weight is 638 g/mol. The lowest BCUT2D eigenvalue weighted by Gasteiger charge is -2.42. The van der Waals surface area contributed by atoms with Crippen molar-refractivity contribution in [2.24, 2.45) is 29.4 Å². The predicted molar refractivity (Wildman–Crippen MR) is 177 cm³/mol. The fraction of sp³-hybridized carbons (Fsp3) is 0.818. The molecule has 4 amide bonds. The summed E-state index contributed by atoms with van der Waals surface area (Å²) in [4.78, 5) is 81.4. The molecular weight excluding hydrogens is 576 g/mol. The Kier molecular flexibility index (Phi) is 17.7. The maximum atomic E-state index is 13.9. The number of carbonyl (C=O) groups is 5. The zero-order valence-electron chi connectivity index (χ0n) is 29.9. The van der Waals surface area contributed by atoms with Crippen molar-refractivity contribution >= 4 is 35.7 Å². The van der Waals surface area contributed by atoms with Crippen LogP contribution in [0.5, 0.6) is 0 Å². The van der Waals surface area contributed by atoms with E-state index in [0.29, 0.717) is 19.3 Å². The Bertz CT molecular complexity index is 1020. The standard InChI is InChI=1S/C33H61N6O6/c1-19(2)14-25(34)32(45)39(13)33(18-40,22(7)8)17-28(41)27(16-21(5)6)38(12)31(44)24(10)37-29(42)23(9)36-30(43)26(35-11)15-20(3)4/h19-27,35H,14-17,34H2,1-13H3,(H,36,43)(H,37,42)/t23-,24+,25-,26-,27-,33+/m0/s1. The van der Waals surface area contributed by atoms with Crippen molar-refractivity contribution in [3.05, 3.63) is 0 Å². The second-order valence-corrected chi connectivity index (χ2v) is 14.0. The van der Waals surface area contributed by atoms with Crippen LogP contribution in [0.4, 0.5) is 0 Å². The molecule has 0 heterocycles. The molecule has 0 unspecified atom stereocenters. The fourth-order valence-electron chi connectivity index (χ4n) is 5.39. The minimum absolute atomic E-state index is 0.00720. The Morgan fingerprint density at radius 3 is 1.64 bits per heavy atom. The van der Waals surface area contributed by atoms with E-state index in [1.54, 1.807) is 20.9 Å². The van der Waals surface area contributed by atoms with Gasteiger partial charge in [0.25, 0.3) is 0 Å². The van der Waals surface area contributed by atoms with Crippen LogP contribution in [-0.2, 0) is 28.8 Å². The van der Waals surface area contributed by atoms with Crippen LogP contribution in [-0.4, -0.2) is 102 Å². The van der Waals surface area contributed by atoms with E-state index in [1.807, 2.05) is 47.8 Å². The van der Waals surface area contributed by atoms with Gasteiger partial charge in [-0.05, 0) is 63.8 Å². The number of amides is 4. The number of ketones is 1. The van der Waals surface area contributed by atoms with Crippen LogP contribution in [0.15, 0.2) is 0 Å². The van der Waals surface area contributed by atoms with Gasteiger partial charge >= 0.3 is 0 Å². The summed E-state index contributed by atoms with van der Waals surface area (Å²) >= 11 is 0. The second kappa shape index (κ2) is 19.0. The van der Waals surface area contributed by atoms with E-state index in [0.717, 1.165) is 0 Å². The van der Waals surface area contributed by atoms with Crippen LogP contribution >= 0.6 is 0 Å². The van der Waals surface area contributed by atoms with Crippen molar-refractivity contribution in [1.82, 2.24) is 25.8 Å². The normalized spacial score (nSPS) is 16.4. The molecule has 0 aromatic rings. The number of hydrogen-bond acceptors (Lipinski definition) is 8. The molecule has 5 N–H and O–H groups in total. The first-order valence-electron chi connectivity index (χ1n) is 16.2. The second-order valence-electron chi connectivity index (χ2n) is 14.0. The lowest BCUT2D eigenvalue weighted by Crippen LogP contribution is -2.61. The number of nitrogens with two attached hydrogens (primary N) is 1. The lowest BCUT2D eigenvalue weighted by atomic mass is 9.79. The van der Waals surface area contributed by atoms with Crippen molar-refractivity contribution in [2.75, 3.05) is 21.1 Å². The molecule has 0 aliphatic heterocycles. The van der Waals surface area contributed by atoms with Gasteiger partial charge in [-0.15, -0.1) is 0 Å². The summed E-state index contributed by atoms with van der Waals surface area (Å²) in [7, 11) is 4.63. The van der Waals surface area contributed by atoms with Crippen molar-refractivity contribution in [3.63, 3.8) is 0 Å². The summed E-state index contributed by atoms with van der Waals surface area (Å²) in [6, 6.07) is -4.15. The van der Waals surface area contributed by atoms with Crippen LogP contribution in [0.1, 0.15) is 94.9 Å². The smallest absolute Gasteiger partial charge is 0.245 e. The number of nitrogens with zero attached hydrogens (tertiary/aromatic N) is 2. The average Bonchev–Trinajstić information content (AvgIpc) is 2.94. The molecule has 0 aromatic carbocycles. The van der Waals surface area contributed by atoms with Crippen LogP contribution in [0.25, 0.3) is 0 Å². The lowest BCUT2D eigenvalue weighted by molar-refractivity contribution is -0.144. The minimum atomic E-state index is -1.59. The molecule has 0 aliphatic rings. The van der Waals surface area contributed by atoms with E-state index in [-0.39, 0.29) is 30.1 Å². The van der Waals surface area contributed by atoms with Crippen molar-refractivity contribution in [1.29, 1.82) is 0 Å². The third-order valence-corrected chi connectivity index (χ3v) is 8.28. The molecule has 0 aliphatic carbocycles. The van der Waals surface area contributed by atoms with E-state index in [9.17, 15) is 28.8 Å². The maximum Gasteiger partial charge on any atom is 0.245 e. The van der Waals surface area contributed by atoms with Gasteiger partial charge < -0.3 is 31.5 Å². The highest BCUT2D eigenvalue weighted by Gasteiger charge is 2.46. The highest BCUT2D eigenvalue weighted by molar-refractivity contribution is 5.96. The largest absolute Gasteiger partial charge is 0.343 e. The topological polar surface area (TPSA) is 171 Å². The number of hydrogen-bond donors (Lipinski definition) is 4. The summed E-state index contributed by atoms with van der Waals surface area (Å²) in [6.07, 6.45) is 2.94.